The first kappa shape index (κ1) is 13.8. The number of nitrogens with two attached hydrogens (primary N) is 1. The summed E-state index contributed by atoms with van der Waals surface area (Å²) < 4.78 is 5.22. The van der Waals surface area contributed by atoms with Crippen molar-refractivity contribution in [3.8, 4) is 5.75 Å². The lowest BCUT2D eigenvalue weighted by Gasteiger charge is -2.17. The van der Waals surface area contributed by atoms with Crippen molar-refractivity contribution in [1.29, 1.82) is 0 Å². The zero-order chi connectivity index (χ0) is 13.8. The van der Waals surface area contributed by atoms with Gasteiger partial charge in [-0.3, -0.25) is 10.8 Å². The summed E-state index contributed by atoms with van der Waals surface area (Å²) in [7, 11) is 1.58. The van der Waals surface area contributed by atoms with Crippen molar-refractivity contribution < 1.29 is 4.74 Å². The van der Waals surface area contributed by atoms with Crippen LogP contribution < -0.4 is 16.0 Å². The first-order valence-electron chi connectivity index (χ1n) is 5.89. The highest BCUT2D eigenvalue weighted by Crippen LogP contribution is 2.29. The van der Waals surface area contributed by atoms with Gasteiger partial charge in [0.05, 0.1) is 23.9 Å². The predicted octanol–water partition coefficient (Wildman–Crippen LogP) is 2.60. The molecule has 0 saturated carbocycles. The Bertz CT molecular complexity index is 574. The van der Waals surface area contributed by atoms with E-state index in [0.29, 0.717) is 10.8 Å². The van der Waals surface area contributed by atoms with Gasteiger partial charge in [-0.25, -0.2) is 5.43 Å². The average Bonchev–Trinajstić information content (AvgIpc) is 2.41. The summed E-state index contributed by atoms with van der Waals surface area (Å²) in [6, 6.07) is 11.2. The van der Waals surface area contributed by atoms with E-state index >= 15 is 0 Å². The fourth-order valence-electron chi connectivity index (χ4n) is 1.93. The number of hydrazine groups is 1. The van der Waals surface area contributed by atoms with E-state index < -0.39 is 0 Å². The molecule has 1 aromatic carbocycles. The SMILES string of the molecule is COc1cc(C(NN)c2cccc(C)n2)ccc1Cl. The molecular weight excluding hydrogens is 262 g/mol. The Morgan fingerprint density at radius 2 is 2.11 bits per heavy atom. The number of pyridine rings is 1. The van der Waals surface area contributed by atoms with Crippen LogP contribution in [0.2, 0.25) is 5.02 Å². The molecule has 4 nitrogen and oxygen atoms in total. The maximum Gasteiger partial charge on any atom is 0.137 e. The Labute approximate surface area is 117 Å². The molecule has 0 spiro atoms. The lowest BCUT2D eigenvalue weighted by molar-refractivity contribution is 0.414. The van der Waals surface area contributed by atoms with E-state index in [1.54, 1.807) is 13.2 Å². The minimum atomic E-state index is -0.203. The second-order valence-corrected chi connectivity index (χ2v) is 4.60. The summed E-state index contributed by atoms with van der Waals surface area (Å²) >= 11 is 6.02. The van der Waals surface area contributed by atoms with Crippen LogP contribution >= 0.6 is 11.6 Å². The second-order valence-electron chi connectivity index (χ2n) is 4.20. The molecule has 100 valence electrons. The number of hydrogen-bond acceptors (Lipinski definition) is 4. The van der Waals surface area contributed by atoms with Crippen molar-refractivity contribution in [1.82, 2.24) is 10.4 Å². The molecule has 2 aromatic rings. The number of aromatic nitrogens is 1. The molecule has 0 fully saturated rings. The molecule has 0 saturated heterocycles. The minimum Gasteiger partial charge on any atom is -0.495 e. The Morgan fingerprint density at radius 1 is 1.32 bits per heavy atom. The van der Waals surface area contributed by atoms with Gasteiger partial charge < -0.3 is 4.74 Å². The van der Waals surface area contributed by atoms with Crippen molar-refractivity contribution in [2.24, 2.45) is 5.84 Å². The van der Waals surface area contributed by atoms with Crippen LogP contribution in [0.15, 0.2) is 36.4 Å². The van der Waals surface area contributed by atoms with Crippen molar-refractivity contribution in [2.75, 3.05) is 7.11 Å². The van der Waals surface area contributed by atoms with Crippen LogP contribution in [0.25, 0.3) is 0 Å². The molecule has 3 N–H and O–H groups in total. The highest BCUT2D eigenvalue weighted by atomic mass is 35.5. The molecule has 0 aliphatic carbocycles. The van der Waals surface area contributed by atoms with Crippen molar-refractivity contribution in [3.05, 3.63) is 58.4 Å². The Morgan fingerprint density at radius 3 is 2.74 bits per heavy atom. The summed E-state index contributed by atoms with van der Waals surface area (Å²) in [5.74, 6) is 6.27. The zero-order valence-corrected chi connectivity index (χ0v) is 11.6. The molecule has 1 heterocycles. The molecular formula is C14H16ClN3O. The van der Waals surface area contributed by atoms with Gasteiger partial charge in [0, 0.05) is 5.69 Å². The summed E-state index contributed by atoms with van der Waals surface area (Å²) in [5, 5.41) is 0.569. The zero-order valence-electron chi connectivity index (χ0n) is 10.9. The van der Waals surface area contributed by atoms with Crippen molar-refractivity contribution in [2.45, 2.75) is 13.0 Å². The number of benzene rings is 1. The number of ether oxygens (including phenoxy) is 1. The molecule has 1 atom stereocenters. The number of rotatable bonds is 4. The molecule has 5 heteroatoms. The van der Waals surface area contributed by atoms with Crippen LogP contribution in [0, 0.1) is 6.92 Å². The van der Waals surface area contributed by atoms with E-state index in [0.717, 1.165) is 17.0 Å². The number of aryl methyl sites for hydroxylation is 1. The molecule has 2 rings (SSSR count). The van der Waals surface area contributed by atoms with Crippen molar-refractivity contribution >= 4 is 11.6 Å². The van der Waals surface area contributed by atoms with Crippen LogP contribution in [-0.2, 0) is 0 Å². The lowest BCUT2D eigenvalue weighted by Crippen LogP contribution is -2.29. The fraction of sp³-hybridized carbons (Fsp3) is 0.214. The molecule has 0 radical (unpaired) electrons. The molecule has 0 bridgehead atoms. The summed E-state index contributed by atoms with van der Waals surface area (Å²) in [4.78, 5) is 4.48. The van der Waals surface area contributed by atoms with Gasteiger partial charge in [0.1, 0.15) is 5.75 Å². The van der Waals surface area contributed by atoms with E-state index in [-0.39, 0.29) is 6.04 Å². The third-order valence-electron chi connectivity index (χ3n) is 2.88. The first-order chi connectivity index (χ1) is 9.15. The van der Waals surface area contributed by atoms with E-state index in [2.05, 4.69) is 10.4 Å². The maximum absolute atomic E-state index is 6.02. The summed E-state index contributed by atoms with van der Waals surface area (Å²) in [6.07, 6.45) is 0. The predicted molar refractivity (Wildman–Crippen MR) is 76.1 cm³/mol. The highest BCUT2D eigenvalue weighted by molar-refractivity contribution is 6.32. The molecule has 0 amide bonds. The second kappa shape index (κ2) is 6.02. The number of nitrogens with one attached hydrogen (secondary N) is 1. The average molecular weight is 278 g/mol. The number of methoxy groups -OCH3 is 1. The molecule has 0 aliphatic heterocycles. The topological polar surface area (TPSA) is 60.2 Å². The van der Waals surface area contributed by atoms with Gasteiger partial charge in [-0.2, -0.15) is 0 Å². The van der Waals surface area contributed by atoms with Gasteiger partial charge >= 0.3 is 0 Å². The third-order valence-corrected chi connectivity index (χ3v) is 3.19. The third kappa shape index (κ3) is 3.04. The summed E-state index contributed by atoms with van der Waals surface area (Å²) in [6.45, 7) is 1.94. The first-order valence-corrected chi connectivity index (χ1v) is 6.26. The lowest BCUT2D eigenvalue weighted by atomic mass is 10.0. The van der Waals surface area contributed by atoms with Gasteiger partial charge in [0.25, 0.3) is 0 Å². The molecule has 1 aromatic heterocycles. The number of hydrogen-bond donors (Lipinski definition) is 2. The molecule has 0 aliphatic rings. The van der Waals surface area contributed by atoms with Crippen LogP contribution in [0.4, 0.5) is 0 Å². The van der Waals surface area contributed by atoms with Gasteiger partial charge in [0.2, 0.25) is 0 Å². The minimum absolute atomic E-state index is 0.203. The monoisotopic (exact) mass is 277 g/mol. The van der Waals surface area contributed by atoms with E-state index in [1.807, 2.05) is 37.3 Å². The molecule has 19 heavy (non-hydrogen) atoms. The summed E-state index contributed by atoms with van der Waals surface area (Å²) in [5.41, 5.74) is 5.51. The van der Waals surface area contributed by atoms with E-state index in [4.69, 9.17) is 22.2 Å². The standard InChI is InChI=1S/C14H16ClN3O/c1-9-4-3-5-12(17-9)14(18-16)10-6-7-11(15)13(8-10)19-2/h3-8,14,18H,16H2,1-2H3. The quantitative estimate of drug-likeness (QED) is 0.666. The van der Waals surface area contributed by atoms with Gasteiger partial charge in [0.15, 0.2) is 0 Å². The molecule has 1 unspecified atom stereocenters. The van der Waals surface area contributed by atoms with Crippen molar-refractivity contribution in [3.63, 3.8) is 0 Å². The normalized spacial score (nSPS) is 12.2. The smallest absolute Gasteiger partial charge is 0.137 e. The van der Waals surface area contributed by atoms with Gasteiger partial charge in [-0.15, -0.1) is 0 Å². The van der Waals surface area contributed by atoms with Gasteiger partial charge in [-0.05, 0) is 36.8 Å². The van der Waals surface area contributed by atoms with Gasteiger partial charge in [-0.1, -0.05) is 23.7 Å². The van der Waals surface area contributed by atoms with E-state index in [1.165, 1.54) is 0 Å². The maximum atomic E-state index is 6.02. The number of halogens is 1. The highest BCUT2D eigenvalue weighted by Gasteiger charge is 2.15. The van der Waals surface area contributed by atoms with E-state index in [9.17, 15) is 0 Å². The van der Waals surface area contributed by atoms with Crippen LogP contribution in [0.3, 0.4) is 0 Å². The number of nitrogens with zero attached hydrogens (tertiary/aromatic N) is 1. The van der Waals surface area contributed by atoms with Crippen LogP contribution in [-0.4, -0.2) is 12.1 Å². The van der Waals surface area contributed by atoms with Crippen LogP contribution in [0.5, 0.6) is 5.75 Å². The Hall–Kier alpha value is -1.62. The largest absolute Gasteiger partial charge is 0.495 e. The fourth-order valence-corrected chi connectivity index (χ4v) is 2.13. The Kier molecular flexibility index (Phi) is 4.37. The van der Waals surface area contributed by atoms with Crippen LogP contribution in [0.1, 0.15) is 23.0 Å². The Balaban J connectivity index is 2.42.